The standard InChI is InChI=1S/C13H18ClN3O2/c1-9(2)7-17-12(18)4-6-16-13(19)10-3-5-15-8-11(10)14/h3,5,8-9H,4,6-7H2,1-2H3,(H,16,19)(H,17,18). The van der Waals surface area contributed by atoms with Gasteiger partial charge in [-0.05, 0) is 12.0 Å². The zero-order chi connectivity index (χ0) is 14.3. The quantitative estimate of drug-likeness (QED) is 0.833. The summed E-state index contributed by atoms with van der Waals surface area (Å²) >= 11 is 5.84. The second-order valence-electron chi connectivity index (χ2n) is 4.56. The lowest BCUT2D eigenvalue weighted by Crippen LogP contribution is -2.32. The van der Waals surface area contributed by atoms with E-state index in [4.69, 9.17) is 11.6 Å². The highest BCUT2D eigenvalue weighted by molar-refractivity contribution is 6.33. The number of hydrogen-bond acceptors (Lipinski definition) is 3. The van der Waals surface area contributed by atoms with Gasteiger partial charge in [0, 0.05) is 31.9 Å². The molecule has 0 aliphatic rings. The molecule has 5 nitrogen and oxygen atoms in total. The molecule has 0 atom stereocenters. The summed E-state index contributed by atoms with van der Waals surface area (Å²) in [6.45, 7) is 4.96. The molecule has 0 radical (unpaired) electrons. The van der Waals surface area contributed by atoms with E-state index in [1.807, 2.05) is 13.8 Å². The van der Waals surface area contributed by atoms with E-state index in [0.29, 0.717) is 23.0 Å². The van der Waals surface area contributed by atoms with Crippen LogP contribution in [0.25, 0.3) is 0 Å². The van der Waals surface area contributed by atoms with Gasteiger partial charge in [-0.15, -0.1) is 0 Å². The summed E-state index contributed by atoms with van der Waals surface area (Å²) in [6, 6.07) is 1.54. The molecule has 104 valence electrons. The van der Waals surface area contributed by atoms with Gasteiger partial charge in [-0.25, -0.2) is 0 Å². The molecule has 1 rings (SSSR count). The molecule has 0 unspecified atom stereocenters. The van der Waals surface area contributed by atoms with Gasteiger partial charge in [-0.1, -0.05) is 25.4 Å². The Bertz CT molecular complexity index is 449. The molecule has 0 aliphatic carbocycles. The highest BCUT2D eigenvalue weighted by atomic mass is 35.5. The van der Waals surface area contributed by atoms with Gasteiger partial charge in [0.15, 0.2) is 0 Å². The summed E-state index contributed by atoms with van der Waals surface area (Å²) < 4.78 is 0. The molecule has 6 heteroatoms. The first-order valence-corrected chi connectivity index (χ1v) is 6.53. The fourth-order valence-corrected chi connectivity index (χ4v) is 1.56. The second kappa shape index (κ2) is 7.74. The third kappa shape index (κ3) is 5.70. The second-order valence-corrected chi connectivity index (χ2v) is 4.97. The zero-order valence-electron chi connectivity index (χ0n) is 11.1. The van der Waals surface area contributed by atoms with E-state index in [-0.39, 0.29) is 24.8 Å². The van der Waals surface area contributed by atoms with Gasteiger partial charge in [-0.2, -0.15) is 0 Å². The molecule has 19 heavy (non-hydrogen) atoms. The Hall–Kier alpha value is -1.62. The Labute approximate surface area is 117 Å². The maximum absolute atomic E-state index is 11.8. The largest absolute Gasteiger partial charge is 0.356 e. The Morgan fingerprint density at radius 3 is 2.74 bits per heavy atom. The number of nitrogens with one attached hydrogen (secondary N) is 2. The van der Waals surface area contributed by atoms with E-state index in [1.165, 1.54) is 18.5 Å². The maximum Gasteiger partial charge on any atom is 0.252 e. The summed E-state index contributed by atoms with van der Waals surface area (Å²) in [7, 11) is 0. The van der Waals surface area contributed by atoms with Crippen molar-refractivity contribution in [3.05, 3.63) is 29.0 Å². The normalized spacial score (nSPS) is 10.3. The predicted molar refractivity (Wildman–Crippen MR) is 74.0 cm³/mol. The van der Waals surface area contributed by atoms with E-state index < -0.39 is 0 Å². The van der Waals surface area contributed by atoms with E-state index in [0.717, 1.165) is 0 Å². The lowest BCUT2D eigenvalue weighted by atomic mass is 10.2. The van der Waals surface area contributed by atoms with Crippen molar-refractivity contribution in [1.29, 1.82) is 0 Å². The molecule has 0 saturated heterocycles. The van der Waals surface area contributed by atoms with Crippen molar-refractivity contribution < 1.29 is 9.59 Å². The molecule has 0 spiro atoms. The van der Waals surface area contributed by atoms with Crippen molar-refractivity contribution in [2.75, 3.05) is 13.1 Å². The molecule has 1 aromatic heterocycles. The highest BCUT2D eigenvalue weighted by Crippen LogP contribution is 2.12. The fourth-order valence-electron chi connectivity index (χ4n) is 1.35. The lowest BCUT2D eigenvalue weighted by Gasteiger charge is -2.08. The van der Waals surface area contributed by atoms with Crippen LogP contribution in [0, 0.1) is 5.92 Å². The molecule has 0 bridgehead atoms. The number of rotatable bonds is 6. The Balaban J connectivity index is 2.32. The van der Waals surface area contributed by atoms with Gasteiger partial charge in [-0.3, -0.25) is 14.6 Å². The number of carbonyl (C=O) groups excluding carboxylic acids is 2. The summed E-state index contributed by atoms with van der Waals surface area (Å²) in [5.74, 6) is 0.0352. The molecule has 0 fully saturated rings. The van der Waals surface area contributed by atoms with Crippen LogP contribution in [0.3, 0.4) is 0 Å². The number of hydrogen-bond donors (Lipinski definition) is 2. The molecule has 0 saturated carbocycles. The van der Waals surface area contributed by atoms with Gasteiger partial charge in [0.1, 0.15) is 0 Å². The van der Waals surface area contributed by atoms with Crippen LogP contribution in [-0.4, -0.2) is 29.9 Å². The monoisotopic (exact) mass is 283 g/mol. The van der Waals surface area contributed by atoms with Crippen molar-refractivity contribution >= 4 is 23.4 Å². The van der Waals surface area contributed by atoms with Crippen LogP contribution in [0.4, 0.5) is 0 Å². The number of carbonyl (C=O) groups is 2. The topological polar surface area (TPSA) is 71.1 Å². The van der Waals surface area contributed by atoms with Crippen molar-refractivity contribution in [2.45, 2.75) is 20.3 Å². The minimum Gasteiger partial charge on any atom is -0.356 e. The summed E-state index contributed by atoms with van der Waals surface area (Å²) in [5.41, 5.74) is 0.360. The number of aromatic nitrogens is 1. The molecule has 0 aromatic carbocycles. The first-order valence-electron chi connectivity index (χ1n) is 6.15. The van der Waals surface area contributed by atoms with Crippen LogP contribution in [0.5, 0.6) is 0 Å². The van der Waals surface area contributed by atoms with Crippen LogP contribution < -0.4 is 10.6 Å². The summed E-state index contributed by atoms with van der Waals surface area (Å²) in [5, 5.41) is 5.72. The average Bonchev–Trinajstić information content (AvgIpc) is 2.36. The van der Waals surface area contributed by atoms with Crippen LogP contribution in [0.2, 0.25) is 5.02 Å². The molecule has 1 aromatic rings. The first kappa shape index (κ1) is 15.4. The minimum absolute atomic E-state index is 0.0742. The highest BCUT2D eigenvalue weighted by Gasteiger charge is 2.10. The fraction of sp³-hybridized carbons (Fsp3) is 0.462. The van der Waals surface area contributed by atoms with Crippen molar-refractivity contribution in [3.63, 3.8) is 0 Å². The molecular weight excluding hydrogens is 266 g/mol. The third-order valence-corrected chi connectivity index (χ3v) is 2.66. The van der Waals surface area contributed by atoms with Crippen LogP contribution in [0.15, 0.2) is 18.5 Å². The zero-order valence-corrected chi connectivity index (χ0v) is 11.8. The van der Waals surface area contributed by atoms with Crippen LogP contribution >= 0.6 is 11.6 Å². The molecule has 2 N–H and O–H groups in total. The van der Waals surface area contributed by atoms with Crippen LogP contribution in [-0.2, 0) is 4.79 Å². The third-order valence-electron chi connectivity index (χ3n) is 2.36. The molecular formula is C13H18ClN3O2. The van der Waals surface area contributed by atoms with E-state index in [9.17, 15) is 9.59 Å². The van der Waals surface area contributed by atoms with Gasteiger partial charge in [0.05, 0.1) is 10.6 Å². The predicted octanol–water partition coefficient (Wildman–Crippen LogP) is 1.63. The number of halogens is 1. The first-order chi connectivity index (χ1) is 9.00. The molecule has 0 aliphatic heterocycles. The minimum atomic E-state index is -0.302. The summed E-state index contributed by atoms with van der Waals surface area (Å²) in [6.07, 6.45) is 3.16. The van der Waals surface area contributed by atoms with E-state index in [1.54, 1.807) is 0 Å². The van der Waals surface area contributed by atoms with E-state index in [2.05, 4.69) is 15.6 Å². The number of pyridine rings is 1. The lowest BCUT2D eigenvalue weighted by molar-refractivity contribution is -0.121. The van der Waals surface area contributed by atoms with E-state index >= 15 is 0 Å². The van der Waals surface area contributed by atoms with Gasteiger partial charge in [0.25, 0.3) is 5.91 Å². The summed E-state index contributed by atoms with van der Waals surface area (Å²) in [4.78, 5) is 27.0. The maximum atomic E-state index is 11.8. The molecule has 2 amide bonds. The van der Waals surface area contributed by atoms with Crippen molar-refractivity contribution in [3.8, 4) is 0 Å². The van der Waals surface area contributed by atoms with Crippen molar-refractivity contribution in [1.82, 2.24) is 15.6 Å². The number of nitrogens with zero attached hydrogens (tertiary/aromatic N) is 1. The van der Waals surface area contributed by atoms with Gasteiger partial charge in [0.2, 0.25) is 5.91 Å². The molecule has 1 heterocycles. The Kier molecular flexibility index (Phi) is 6.29. The average molecular weight is 284 g/mol. The Morgan fingerprint density at radius 1 is 1.37 bits per heavy atom. The Morgan fingerprint density at radius 2 is 2.11 bits per heavy atom. The number of amides is 2. The van der Waals surface area contributed by atoms with Gasteiger partial charge >= 0.3 is 0 Å². The van der Waals surface area contributed by atoms with Crippen molar-refractivity contribution in [2.24, 2.45) is 5.92 Å². The van der Waals surface area contributed by atoms with Crippen LogP contribution in [0.1, 0.15) is 30.6 Å². The SMILES string of the molecule is CC(C)CNC(=O)CCNC(=O)c1ccncc1Cl. The van der Waals surface area contributed by atoms with Gasteiger partial charge < -0.3 is 10.6 Å². The smallest absolute Gasteiger partial charge is 0.252 e.